The first kappa shape index (κ1) is 50.2. The second kappa shape index (κ2) is 25.0. The molecule has 0 amide bonds. The van der Waals surface area contributed by atoms with Crippen LogP contribution < -0.4 is 0 Å². The highest BCUT2D eigenvalue weighted by Gasteiger charge is 2.56. The van der Waals surface area contributed by atoms with Gasteiger partial charge in [0.15, 0.2) is 5.60 Å². The Balaban J connectivity index is 1.25. The number of aromatic nitrogens is 3. The SMILES string of the molecule is C#C[C@@]1(c2ccc3c(C)ncnn23)O[C@H](COP(=O)(O)OC[C@@H](COCCCCCCCCCCCCCCCCCC)OCc2ccc(C#N)cc2C(F)(F)F)[C@@H](O)[C@H]1O. The van der Waals surface area contributed by atoms with Crippen LogP contribution in [0.5, 0.6) is 0 Å². The largest absolute Gasteiger partial charge is 0.472 e. The average molecular weight is 879 g/mol. The summed E-state index contributed by atoms with van der Waals surface area (Å²) < 4.78 is 83.9. The van der Waals surface area contributed by atoms with Crippen LogP contribution in [0.1, 0.15) is 138 Å². The minimum absolute atomic E-state index is 0.175. The number of aliphatic hydroxyl groups is 2. The molecule has 0 saturated carbocycles. The summed E-state index contributed by atoms with van der Waals surface area (Å²) in [5.41, 5.74) is -1.99. The van der Waals surface area contributed by atoms with E-state index in [0.29, 0.717) is 17.8 Å². The number of phosphoric ester groups is 1. The fourth-order valence-corrected chi connectivity index (χ4v) is 8.20. The second-order valence-corrected chi connectivity index (χ2v) is 17.1. The molecule has 1 saturated heterocycles. The second-order valence-electron chi connectivity index (χ2n) is 15.7. The molecule has 3 aromatic rings. The number of aryl methyl sites for hydroxylation is 1. The van der Waals surface area contributed by atoms with Crippen LogP contribution in [0.3, 0.4) is 0 Å². The van der Waals surface area contributed by atoms with Gasteiger partial charge in [-0.2, -0.15) is 23.5 Å². The van der Waals surface area contributed by atoms with Crippen LogP contribution >= 0.6 is 7.82 Å². The van der Waals surface area contributed by atoms with Crippen LogP contribution in [-0.4, -0.2) is 80.5 Å². The maximum absolute atomic E-state index is 13.9. The number of unbranched alkanes of at least 4 members (excludes halogenated alkanes) is 15. The van der Waals surface area contributed by atoms with E-state index in [4.69, 9.17) is 34.9 Å². The molecule has 338 valence electrons. The highest BCUT2D eigenvalue weighted by atomic mass is 31.2. The molecule has 6 atom stereocenters. The van der Waals surface area contributed by atoms with E-state index in [9.17, 15) is 32.8 Å². The molecule has 3 heterocycles. The first-order valence-electron chi connectivity index (χ1n) is 21.5. The van der Waals surface area contributed by atoms with Gasteiger partial charge < -0.3 is 29.3 Å². The van der Waals surface area contributed by atoms with Gasteiger partial charge in [0.05, 0.1) is 60.5 Å². The normalized spacial score (nSPS) is 20.7. The number of benzene rings is 1. The van der Waals surface area contributed by atoms with E-state index in [1.165, 1.54) is 94.0 Å². The molecule has 1 aliphatic rings. The molecule has 0 spiro atoms. The molecule has 0 aliphatic carbocycles. The van der Waals surface area contributed by atoms with Crippen molar-refractivity contribution in [3.8, 4) is 18.4 Å². The Morgan fingerprint density at radius 2 is 1.57 bits per heavy atom. The van der Waals surface area contributed by atoms with Crippen LogP contribution in [0, 0.1) is 30.6 Å². The first-order chi connectivity index (χ1) is 29.3. The van der Waals surface area contributed by atoms with Crippen LogP contribution in [0.4, 0.5) is 13.2 Å². The summed E-state index contributed by atoms with van der Waals surface area (Å²) in [6, 6.07) is 8.03. The van der Waals surface area contributed by atoms with Crippen molar-refractivity contribution in [1.29, 1.82) is 5.26 Å². The quantitative estimate of drug-likeness (QED) is 0.0343. The average Bonchev–Trinajstić information content (AvgIpc) is 3.79. The third kappa shape index (κ3) is 15.1. The minimum Gasteiger partial charge on any atom is -0.387 e. The molecule has 17 heteroatoms. The molecule has 1 unspecified atom stereocenters. The molecule has 3 N–H and O–H groups in total. The number of halogens is 3. The fraction of sp³-hybridized carbons (Fsp3) is 0.659. The summed E-state index contributed by atoms with van der Waals surface area (Å²) in [6.45, 7) is 2.21. The molecule has 4 rings (SSSR count). The van der Waals surface area contributed by atoms with Crippen molar-refractivity contribution in [2.75, 3.05) is 26.4 Å². The summed E-state index contributed by atoms with van der Waals surface area (Å²) >= 11 is 0. The molecule has 0 radical (unpaired) electrons. The number of hydrogen-bond donors (Lipinski definition) is 3. The van der Waals surface area contributed by atoms with Gasteiger partial charge >= 0.3 is 14.0 Å². The van der Waals surface area contributed by atoms with Gasteiger partial charge in [-0.1, -0.05) is 115 Å². The lowest BCUT2D eigenvalue weighted by atomic mass is 9.92. The lowest BCUT2D eigenvalue weighted by Gasteiger charge is -2.26. The van der Waals surface area contributed by atoms with Crippen LogP contribution in [0.15, 0.2) is 36.7 Å². The Hall–Kier alpha value is -3.41. The topological polar surface area (TPSA) is 178 Å². The van der Waals surface area contributed by atoms with E-state index in [1.807, 2.05) is 0 Å². The Bertz CT molecular complexity index is 1920. The van der Waals surface area contributed by atoms with Gasteiger partial charge in [0, 0.05) is 6.61 Å². The maximum atomic E-state index is 13.9. The predicted molar refractivity (Wildman–Crippen MR) is 222 cm³/mol. The van der Waals surface area contributed by atoms with Gasteiger partial charge in [0.25, 0.3) is 0 Å². The van der Waals surface area contributed by atoms with E-state index in [2.05, 4.69) is 22.9 Å². The molecule has 2 aromatic heterocycles. The number of rotatable bonds is 29. The number of nitriles is 1. The maximum Gasteiger partial charge on any atom is 0.472 e. The van der Waals surface area contributed by atoms with E-state index < -0.39 is 69.4 Å². The van der Waals surface area contributed by atoms with Crippen LogP contribution in [-0.2, 0) is 46.2 Å². The van der Waals surface area contributed by atoms with Gasteiger partial charge in [-0.05, 0) is 43.2 Å². The highest BCUT2D eigenvalue weighted by molar-refractivity contribution is 7.47. The summed E-state index contributed by atoms with van der Waals surface area (Å²) in [6.07, 6.45) is 15.9. The van der Waals surface area contributed by atoms with Crippen molar-refractivity contribution in [2.45, 2.75) is 159 Å². The van der Waals surface area contributed by atoms with E-state index in [0.717, 1.165) is 37.8 Å². The van der Waals surface area contributed by atoms with Gasteiger partial charge in [0.2, 0.25) is 0 Å². The number of terminal acetylenes is 1. The number of alkyl halides is 3. The summed E-state index contributed by atoms with van der Waals surface area (Å²) in [4.78, 5) is 14.7. The molecule has 61 heavy (non-hydrogen) atoms. The number of nitrogens with zero attached hydrogens (tertiary/aromatic N) is 4. The lowest BCUT2D eigenvalue weighted by Crippen LogP contribution is -2.41. The molecule has 13 nitrogen and oxygen atoms in total. The van der Waals surface area contributed by atoms with Crippen molar-refractivity contribution in [2.24, 2.45) is 0 Å². The monoisotopic (exact) mass is 878 g/mol. The third-order valence-corrected chi connectivity index (χ3v) is 11.9. The van der Waals surface area contributed by atoms with E-state index in [1.54, 1.807) is 25.1 Å². The fourth-order valence-electron chi connectivity index (χ4n) is 7.44. The van der Waals surface area contributed by atoms with Gasteiger partial charge in [0.1, 0.15) is 30.7 Å². The molecule has 1 fully saturated rings. The van der Waals surface area contributed by atoms with Crippen molar-refractivity contribution < 1.29 is 56.1 Å². The summed E-state index contributed by atoms with van der Waals surface area (Å²) in [5.74, 6) is 2.40. The number of ether oxygens (including phenoxy) is 3. The van der Waals surface area contributed by atoms with E-state index >= 15 is 0 Å². The van der Waals surface area contributed by atoms with E-state index in [-0.39, 0.29) is 23.4 Å². The zero-order chi connectivity index (χ0) is 44.3. The Morgan fingerprint density at radius 1 is 0.951 bits per heavy atom. The molecular formula is C44H62F3N4O9P. The first-order valence-corrected chi connectivity index (χ1v) is 23.0. The zero-order valence-corrected chi connectivity index (χ0v) is 36.3. The summed E-state index contributed by atoms with van der Waals surface area (Å²) in [7, 11) is -4.92. The Morgan fingerprint density at radius 3 is 2.16 bits per heavy atom. The molecular weight excluding hydrogens is 816 g/mol. The Labute approximate surface area is 357 Å². The van der Waals surface area contributed by atoms with Crippen LogP contribution in [0.2, 0.25) is 0 Å². The predicted octanol–water partition coefficient (Wildman–Crippen LogP) is 8.87. The van der Waals surface area contributed by atoms with Crippen molar-refractivity contribution in [3.05, 3.63) is 64.7 Å². The van der Waals surface area contributed by atoms with Gasteiger partial charge in [-0.3, -0.25) is 9.05 Å². The molecule has 1 aliphatic heterocycles. The number of fused-ring (bicyclic) bond motifs is 1. The van der Waals surface area contributed by atoms with Crippen molar-refractivity contribution >= 4 is 13.3 Å². The lowest BCUT2D eigenvalue weighted by molar-refractivity contribution is -0.139. The number of hydrogen-bond acceptors (Lipinski definition) is 11. The van der Waals surface area contributed by atoms with Gasteiger partial charge in [-0.25, -0.2) is 14.1 Å². The third-order valence-electron chi connectivity index (χ3n) is 11.0. The Kier molecular flexibility index (Phi) is 20.6. The van der Waals surface area contributed by atoms with Crippen LogP contribution in [0.25, 0.3) is 5.52 Å². The standard InChI is InChI=1S/C44H62F3N4O9P/c1-4-6-7-8-9-10-11-12-13-14-15-16-17-18-19-20-25-56-29-36(57-28-35-22-21-34(27-48)26-37(35)44(45,46)47)30-58-61(54,55)59-31-39-41(52)42(53)43(5-2,60-39)40-24-23-38-33(3)49-32-50-51(38)40/h2,21-24,26,32,36,39,41-42,52-53H,4,6-20,25,28-31H2,1,3H3,(H,54,55)/t36-,39-,41-,42-,43+/m1/s1. The smallest absolute Gasteiger partial charge is 0.387 e. The van der Waals surface area contributed by atoms with Crippen molar-refractivity contribution in [3.63, 3.8) is 0 Å². The zero-order valence-electron chi connectivity index (χ0n) is 35.4. The molecule has 0 bridgehead atoms. The molecule has 1 aromatic carbocycles. The number of phosphoric acid groups is 1. The minimum atomic E-state index is -4.92. The highest BCUT2D eigenvalue weighted by Crippen LogP contribution is 2.46. The summed E-state index contributed by atoms with van der Waals surface area (Å²) in [5, 5.41) is 35.3. The van der Waals surface area contributed by atoms with Gasteiger partial charge in [-0.15, -0.1) is 6.42 Å². The van der Waals surface area contributed by atoms with Crippen molar-refractivity contribution in [1.82, 2.24) is 14.6 Å². The number of aliphatic hydroxyl groups excluding tert-OH is 2.